The number of ketones is 1. The fourth-order valence-electron chi connectivity index (χ4n) is 15.7. The molecular formula is C99H111N9O11. The molecule has 0 radical (unpaired) electrons. The van der Waals surface area contributed by atoms with Crippen molar-refractivity contribution < 1.29 is 52.7 Å². The maximum absolute atomic E-state index is 14.3. The number of carbonyl (C=O) groups is 10. The Morgan fingerprint density at radius 1 is 0.420 bits per heavy atom. The molecule has 3 saturated heterocycles. The van der Waals surface area contributed by atoms with Gasteiger partial charge in [-0.15, -0.1) is 12.3 Å². The molecule has 0 bridgehead atoms. The van der Waals surface area contributed by atoms with Crippen LogP contribution in [0.25, 0.3) is 11.1 Å². The number of nitrogens with one attached hydrogen (secondary N) is 6. The van der Waals surface area contributed by atoms with Crippen LogP contribution >= 0.6 is 0 Å². The van der Waals surface area contributed by atoms with Crippen molar-refractivity contribution in [1.29, 1.82) is 0 Å². The lowest BCUT2D eigenvalue weighted by atomic mass is 9.85. The van der Waals surface area contributed by atoms with Crippen LogP contribution in [0, 0.1) is 47.9 Å². The van der Waals surface area contributed by atoms with Crippen molar-refractivity contribution in [1.82, 2.24) is 46.6 Å². The zero-order chi connectivity index (χ0) is 82.7. The first-order valence-corrected chi connectivity index (χ1v) is 40.5. The second-order valence-electron chi connectivity index (χ2n) is 30.4. The van der Waals surface area contributed by atoms with E-state index in [1.165, 1.54) is 9.80 Å². The molecule has 6 N–H and O–H groups in total. The molecule has 8 atom stereocenters. The summed E-state index contributed by atoms with van der Waals surface area (Å²) in [5.74, 6) is 8.89. The molecule has 8 aromatic carbocycles. The van der Waals surface area contributed by atoms with Crippen molar-refractivity contribution in [2.24, 2.45) is 11.8 Å². The summed E-state index contributed by atoms with van der Waals surface area (Å²) in [6.07, 6.45) is 8.85. The molecule has 119 heavy (non-hydrogen) atoms. The molecule has 0 aromatic heterocycles. The summed E-state index contributed by atoms with van der Waals surface area (Å²) < 4.78 is 5.71. The minimum Gasteiger partial charge on any atom is -0.465 e. The Hall–Kier alpha value is -12.7. The predicted octanol–water partition coefficient (Wildman–Crippen LogP) is 12.7. The molecule has 0 unspecified atom stereocenters. The molecule has 3 heterocycles. The second-order valence-corrected chi connectivity index (χ2v) is 30.4. The number of esters is 1. The summed E-state index contributed by atoms with van der Waals surface area (Å²) in [4.78, 5) is 141. The van der Waals surface area contributed by atoms with Crippen molar-refractivity contribution >= 4 is 59.0 Å². The Labute approximate surface area is 701 Å². The highest BCUT2D eigenvalue weighted by Gasteiger charge is 2.43. The van der Waals surface area contributed by atoms with E-state index >= 15 is 0 Å². The molecule has 4 aliphatic rings. The van der Waals surface area contributed by atoms with E-state index in [1.54, 1.807) is 39.6 Å². The van der Waals surface area contributed by atoms with Gasteiger partial charge in [0.05, 0.1) is 30.6 Å². The standard InChI is InChI=1S/C55H62N6O6.C42H41N3O5.2CH4/c1-38(2)51(63)57-45(55(67)61-36-22-34-48(61)53(65)59-50(42-27-15-9-16-28-42)43-29-17-10-18-30-43)31-19-5-6-20-32-46(58-52(64)39(3)56-4)54(66)60-35-21-33-47(60)49(62)37-44(40-23-11-7-12-24-40)41-25-13-8-14-26-41;1-3-15-36(42(49)45-25-14-24-37(45)41(48)44-39(29-16-6-4-7-17-29)30-18-8-5-9-19-30)43-40(47)28(2)26-38(46)50-27-35-33-22-12-10-20-31(33)32-21-11-13-23-34(32)35;;/h7-18,23-30,38-39,44-48,50,56H,21-22,31-37H2,1-4H3,(H,57,63)(H,58,64)(H,59,65);1,4-13,16-23,28,35-37,39H,14-15,24-27H2,2H3,(H,43,47)(H,44,48);2*1H4/t39-,45-,46-,47-,48-;28-,36+,37+;;/m01../s1. The van der Waals surface area contributed by atoms with Crippen molar-refractivity contribution in [3.05, 3.63) is 275 Å². The van der Waals surface area contributed by atoms with Gasteiger partial charge in [0, 0.05) is 69.0 Å². The minimum absolute atomic E-state index is 0. The van der Waals surface area contributed by atoms with Crippen LogP contribution in [-0.4, -0.2) is 149 Å². The lowest BCUT2D eigenvalue weighted by molar-refractivity contribution is -0.147. The summed E-state index contributed by atoms with van der Waals surface area (Å²) in [6, 6.07) is 67.9. The SMILES string of the molecule is C.C.C#CC[C@H](NC(=O)[C@H](C)CC(=O)OCC1c2ccccc2-c2ccccc21)C(=O)N1CCC[C@H]1C(=O)NC(c1ccccc1)c1ccccc1.CN[C@@H](C)C(=O)N[C@@H](CC#CC#CC[C@H](NC(=O)C(C)C)C(=O)N1CCC[C@H]1C(=O)NC(c1ccccc1)c1ccccc1)C(=O)N1CCC[C@H]1C(=O)CC(c1ccccc1)c1ccccc1. The first-order valence-electron chi connectivity index (χ1n) is 40.5. The number of nitrogens with zero attached hydrogens (tertiary/aromatic N) is 3. The summed E-state index contributed by atoms with van der Waals surface area (Å²) in [5, 5.41) is 17.7. The normalized spacial score (nSPS) is 16.2. The molecule has 0 spiro atoms. The molecule has 1 aliphatic carbocycles. The summed E-state index contributed by atoms with van der Waals surface area (Å²) in [5.41, 5.74) is 10.2. The number of rotatable bonds is 30. The summed E-state index contributed by atoms with van der Waals surface area (Å²) >= 11 is 0. The van der Waals surface area contributed by atoms with Gasteiger partial charge in [-0.3, -0.25) is 47.9 Å². The number of hydrogen-bond acceptors (Lipinski definition) is 12. The van der Waals surface area contributed by atoms with Crippen LogP contribution in [0.4, 0.5) is 0 Å². The van der Waals surface area contributed by atoms with Crippen LogP contribution in [0.3, 0.4) is 0 Å². The number of carbonyl (C=O) groups excluding carboxylic acids is 10. The molecule has 0 saturated carbocycles. The van der Waals surface area contributed by atoms with Crippen LogP contribution < -0.4 is 31.9 Å². The first-order chi connectivity index (χ1) is 56.8. The topological polar surface area (TPSA) is 262 Å². The molecule has 3 fully saturated rings. The van der Waals surface area contributed by atoms with Crippen molar-refractivity contribution in [3.8, 4) is 47.2 Å². The van der Waals surface area contributed by atoms with Crippen LogP contribution in [0.1, 0.15) is 182 Å². The summed E-state index contributed by atoms with van der Waals surface area (Å²) in [7, 11) is 1.65. The molecule has 12 rings (SSSR count). The third kappa shape index (κ3) is 23.6. The van der Waals surface area contributed by atoms with Crippen molar-refractivity contribution in [2.45, 2.75) is 179 Å². The van der Waals surface area contributed by atoms with E-state index in [4.69, 9.17) is 11.2 Å². The van der Waals surface area contributed by atoms with Gasteiger partial charge >= 0.3 is 5.97 Å². The van der Waals surface area contributed by atoms with Gasteiger partial charge in [0.1, 0.15) is 36.8 Å². The van der Waals surface area contributed by atoms with Gasteiger partial charge in [-0.1, -0.05) is 278 Å². The lowest BCUT2D eigenvalue weighted by Gasteiger charge is -2.30. The van der Waals surface area contributed by atoms with Gasteiger partial charge < -0.3 is 51.3 Å². The Morgan fingerprint density at radius 3 is 1.15 bits per heavy atom. The maximum atomic E-state index is 14.3. The number of terminal acetylenes is 1. The van der Waals surface area contributed by atoms with Crippen LogP contribution in [-0.2, 0) is 52.7 Å². The zero-order valence-electron chi connectivity index (χ0n) is 67.0. The number of likely N-dealkylation sites (tertiary alicyclic amines) is 3. The molecule has 20 nitrogen and oxygen atoms in total. The molecule has 618 valence electrons. The highest BCUT2D eigenvalue weighted by Crippen LogP contribution is 2.45. The average Bonchev–Trinajstić information content (AvgIpc) is 1.62. The van der Waals surface area contributed by atoms with E-state index in [2.05, 4.69) is 73.6 Å². The summed E-state index contributed by atoms with van der Waals surface area (Å²) in [6.45, 7) is 8.00. The van der Waals surface area contributed by atoms with Crippen LogP contribution in [0.15, 0.2) is 231 Å². The Balaban J connectivity index is 0.000000277. The smallest absolute Gasteiger partial charge is 0.306 e. The van der Waals surface area contributed by atoms with Gasteiger partial charge in [0.15, 0.2) is 5.78 Å². The number of hydrogen-bond donors (Lipinski definition) is 6. The number of Topliss-reactive ketones (excluding diaryl/α,β-unsaturated/α-hetero) is 1. The fourth-order valence-corrected chi connectivity index (χ4v) is 15.7. The van der Waals surface area contributed by atoms with E-state index in [-0.39, 0.29) is 88.9 Å². The number of fused-ring (bicyclic) bond motifs is 3. The number of benzene rings is 8. The Morgan fingerprint density at radius 2 is 0.765 bits per heavy atom. The quantitative estimate of drug-likeness (QED) is 0.0181. The fraction of sp³-hybridized carbons (Fsp3) is 0.354. The number of ether oxygens (including phenoxy) is 1. The lowest BCUT2D eigenvalue weighted by Crippen LogP contribution is -2.54. The molecule has 8 aromatic rings. The van der Waals surface area contributed by atoms with E-state index in [1.807, 2.05) is 218 Å². The highest BCUT2D eigenvalue weighted by molar-refractivity contribution is 5.97. The third-order valence-corrected chi connectivity index (χ3v) is 22.2. The van der Waals surface area contributed by atoms with Gasteiger partial charge in [0.2, 0.25) is 47.3 Å². The van der Waals surface area contributed by atoms with E-state index in [0.29, 0.717) is 58.2 Å². The molecule has 8 amide bonds. The van der Waals surface area contributed by atoms with E-state index < -0.39 is 102 Å². The Kier molecular flexibility index (Phi) is 33.8. The molecule has 20 heteroatoms. The largest absolute Gasteiger partial charge is 0.465 e. The third-order valence-electron chi connectivity index (χ3n) is 22.2. The van der Waals surface area contributed by atoms with Gasteiger partial charge in [-0.2, -0.15) is 0 Å². The number of likely N-dealkylation sites (N-methyl/N-ethyl adjacent to an activating group) is 1. The predicted molar refractivity (Wildman–Crippen MR) is 464 cm³/mol. The van der Waals surface area contributed by atoms with Crippen LogP contribution in [0.2, 0.25) is 0 Å². The second kappa shape index (κ2) is 44.6. The number of amides is 8. The average molecular weight is 1600 g/mol. The van der Waals surface area contributed by atoms with Crippen molar-refractivity contribution in [2.75, 3.05) is 33.3 Å². The highest BCUT2D eigenvalue weighted by atomic mass is 16.5. The van der Waals surface area contributed by atoms with Gasteiger partial charge in [0.25, 0.3) is 0 Å². The van der Waals surface area contributed by atoms with E-state index in [9.17, 15) is 47.9 Å². The Bertz CT molecular complexity index is 4780. The maximum Gasteiger partial charge on any atom is 0.306 e. The zero-order valence-corrected chi connectivity index (χ0v) is 67.0. The van der Waals surface area contributed by atoms with E-state index in [0.717, 1.165) is 55.6 Å². The van der Waals surface area contributed by atoms with Gasteiger partial charge in [-0.05, 0) is 120 Å². The monoisotopic (exact) mass is 1600 g/mol. The van der Waals surface area contributed by atoms with Crippen LogP contribution in [0.5, 0.6) is 0 Å². The molecular weight excluding hydrogens is 1490 g/mol. The first kappa shape index (κ1) is 90.2. The van der Waals surface area contributed by atoms with Gasteiger partial charge in [-0.25, -0.2) is 0 Å². The van der Waals surface area contributed by atoms with Crippen molar-refractivity contribution in [3.63, 3.8) is 0 Å². The molecule has 3 aliphatic heterocycles. The minimum atomic E-state index is -1.05.